The summed E-state index contributed by atoms with van der Waals surface area (Å²) < 4.78 is 0. The van der Waals surface area contributed by atoms with Gasteiger partial charge in [0.05, 0.1) is 5.69 Å². The number of rotatable bonds is 2. The van der Waals surface area contributed by atoms with Gasteiger partial charge in [-0.15, -0.1) is 11.3 Å². The van der Waals surface area contributed by atoms with Crippen LogP contribution in [0.25, 0.3) is 10.6 Å². The molecule has 0 saturated carbocycles. The zero-order valence-corrected chi connectivity index (χ0v) is 12.2. The molecule has 0 amide bonds. The minimum atomic E-state index is -0.916. The van der Waals surface area contributed by atoms with Crippen molar-refractivity contribution in [3.8, 4) is 10.6 Å². The summed E-state index contributed by atoms with van der Waals surface area (Å²) >= 11 is 1.22. The first kappa shape index (κ1) is 13.7. The lowest BCUT2D eigenvalue weighted by Crippen LogP contribution is -2.16. The van der Waals surface area contributed by atoms with Gasteiger partial charge in [0.25, 0.3) is 0 Å². The van der Waals surface area contributed by atoms with E-state index in [0.717, 1.165) is 16.1 Å². The average molecular weight is 276 g/mol. The van der Waals surface area contributed by atoms with Gasteiger partial charge in [0.1, 0.15) is 9.88 Å². The summed E-state index contributed by atoms with van der Waals surface area (Å²) in [5, 5.41) is 10.1. The van der Waals surface area contributed by atoms with Crippen molar-refractivity contribution < 1.29 is 9.90 Å². The fourth-order valence-electron chi connectivity index (χ4n) is 1.80. The smallest absolute Gasteiger partial charge is 0.347 e. The molecule has 0 atom stereocenters. The van der Waals surface area contributed by atoms with Crippen LogP contribution in [0.4, 0.5) is 0 Å². The SMILES string of the molecule is Cc1cnccc1-c1nc(C(C)(C)C)c(C(=O)O)s1. The summed E-state index contributed by atoms with van der Waals surface area (Å²) in [4.78, 5) is 20.3. The maximum atomic E-state index is 11.4. The molecule has 2 rings (SSSR count). The summed E-state index contributed by atoms with van der Waals surface area (Å²) in [6.07, 6.45) is 3.45. The number of aromatic nitrogens is 2. The molecule has 2 aromatic rings. The molecule has 2 aromatic heterocycles. The van der Waals surface area contributed by atoms with E-state index in [9.17, 15) is 9.90 Å². The number of pyridine rings is 1. The van der Waals surface area contributed by atoms with Crippen LogP contribution in [-0.2, 0) is 5.41 Å². The van der Waals surface area contributed by atoms with E-state index in [1.807, 2.05) is 33.8 Å². The fourth-order valence-corrected chi connectivity index (χ4v) is 3.01. The quantitative estimate of drug-likeness (QED) is 0.911. The molecule has 4 nitrogen and oxygen atoms in total. The zero-order valence-electron chi connectivity index (χ0n) is 11.4. The van der Waals surface area contributed by atoms with Gasteiger partial charge in [0, 0.05) is 23.4 Å². The van der Waals surface area contributed by atoms with Crippen molar-refractivity contribution in [1.82, 2.24) is 9.97 Å². The molecule has 0 aliphatic heterocycles. The van der Waals surface area contributed by atoms with E-state index in [2.05, 4.69) is 9.97 Å². The molecule has 2 heterocycles. The predicted molar refractivity (Wildman–Crippen MR) is 75.7 cm³/mol. The predicted octanol–water partition coefficient (Wildman–Crippen LogP) is 3.51. The summed E-state index contributed by atoms with van der Waals surface area (Å²) in [7, 11) is 0. The maximum absolute atomic E-state index is 11.4. The van der Waals surface area contributed by atoms with Gasteiger partial charge in [-0.25, -0.2) is 9.78 Å². The Morgan fingerprint density at radius 3 is 2.53 bits per heavy atom. The lowest BCUT2D eigenvalue weighted by Gasteiger charge is -2.16. The molecule has 0 aliphatic carbocycles. The van der Waals surface area contributed by atoms with Crippen molar-refractivity contribution in [1.29, 1.82) is 0 Å². The summed E-state index contributed by atoms with van der Waals surface area (Å²) in [6.45, 7) is 7.86. The Hall–Kier alpha value is -1.75. The van der Waals surface area contributed by atoms with Crippen molar-refractivity contribution >= 4 is 17.3 Å². The molecule has 100 valence electrons. The molecule has 0 aromatic carbocycles. The van der Waals surface area contributed by atoms with Crippen molar-refractivity contribution in [2.24, 2.45) is 0 Å². The number of hydrogen-bond acceptors (Lipinski definition) is 4. The van der Waals surface area contributed by atoms with Crippen LogP contribution in [0.5, 0.6) is 0 Å². The number of aryl methyl sites for hydroxylation is 1. The molecule has 0 radical (unpaired) electrons. The lowest BCUT2D eigenvalue weighted by molar-refractivity contribution is 0.0699. The van der Waals surface area contributed by atoms with E-state index in [-0.39, 0.29) is 5.41 Å². The van der Waals surface area contributed by atoms with Gasteiger partial charge >= 0.3 is 5.97 Å². The second kappa shape index (κ2) is 4.74. The molecule has 0 bridgehead atoms. The van der Waals surface area contributed by atoms with E-state index in [4.69, 9.17) is 0 Å². The van der Waals surface area contributed by atoms with E-state index >= 15 is 0 Å². The summed E-state index contributed by atoms with van der Waals surface area (Å²) in [5.41, 5.74) is 2.28. The van der Waals surface area contributed by atoms with Crippen molar-refractivity contribution in [2.45, 2.75) is 33.1 Å². The van der Waals surface area contributed by atoms with Crippen molar-refractivity contribution in [3.05, 3.63) is 34.6 Å². The number of thiazole rings is 1. The number of carbonyl (C=O) groups is 1. The van der Waals surface area contributed by atoms with Crippen LogP contribution >= 0.6 is 11.3 Å². The van der Waals surface area contributed by atoms with Gasteiger partial charge in [0.15, 0.2) is 0 Å². The number of aromatic carboxylic acids is 1. The van der Waals surface area contributed by atoms with Gasteiger partial charge in [-0.3, -0.25) is 4.98 Å². The van der Waals surface area contributed by atoms with Crippen LogP contribution in [0.2, 0.25) is 0 Å². The highest BCUT2D eigenvalue weighted by molar-refractivity contribution is 7.17. The number of carboxylic acids is 1. The van der Waals surface area contributed by atoms with E-state index in [0.29, 0.717) is 10.6 Å². The Bertz CT molecular complexity index is 627. The molecule has 0 saturated heterocycles. The normalized spacial score (nSPS) is 11.6. The molecule has 19 heavy (non-hydrogen) atoms. The minimum Gasteiger partial charge on any atom is -0.477 e. The van der Waals surface area contributed by atoms with Crippen LogP contribution < -0.4 is 0 Å². The third-order valence-electron chi connectivity index (χ3n) is 2.78. The molecule has 1 N–H and O–H groups in total. The van der Waals surface area contributed by atoms with Crippen molar-refractivity contribution in [3.63, 3.8) is 0 Å². The number of hydrogen-bond donors (Lipinski definition) is 1. The minimum absolute atomic E-state index is 0.288. The second-order valence-electron chi connectivity index (χ2n) is 5.44. The highest BCUT2D eigenvalue weighted by atomic mass is 32.1. The van der Waals surface area contributed by atoms with Gasteiger partial charge in [-0.05, 0) is 18.6 Å². The molecule has 0 fully saturated rings. The largest absolute Gasteiger partial charge is 0.477 e. The van der Waals surface area contributed by atoms with Gasteiger partial charge in [-0.1, -0.05) is 20.8 Å². The highest BCUT2D eigenvalue weighted by Gasteiger charge is 2.27. The molecule has 0 spiro atoms. The molecular formula is C14H16N2O2S. The second-order valence-corrected chi connectivity index (χ2v) is 6.44. The molecule has 0 unspecified atom stereocenters. The van der Waals surface area contributed by atoms with Crippen LogP contribution in [-0.4, -0.2) is 21.0 Å². The first-order valence-electron chi connectivity index (χ1n) is 5.96. The van der Waals surface area contributed by atoms with Crippen LogP contribution in [0.15, 0.2) is 18.5 Å². The fraction of sp³-hybridized carbons (Fsp3) is 0.357. The third-order valence-corrected chi connectivity index (χ3v) is 3.86. The highest BCUT2D eigenvalue weighted by Crippen LogP contribution is 2.35. The first-order chi connectivity index (χ1) is 8.80. The Balaban J connectivity index is 2.62. The molecular weight excluding hydrogens is 260 g/mol. The summed E-state index contributed by atoms with van der Waals surface area (Å²) in [5.74, 6) is -0.916. The lowest BCUT2D eigenvalue weighted by atomic mass is 9.91. The summed E-state index contributed by atoms with van der Waals surface area (Å²) in [6, 6.07) is 1.87. The average Bonchev–Trinajstić information content (AvgIpc) is 2.74. The third kappa shape index (κ3) is 2.66. The Kier molecular flexibility index (Phi) is 3.41. The number of nitrogens with zero attached hydrogens (tertiary/aromatic N) is 2. The van der Waals surface area contributed by atoms with Crippen molar-refractivity contribution in [2.75, 3.05) is 0 Å². The van der Waals surface area contributed by atoms with Gasteiger partial charge in [0.2, 0.25) is 0 Å². The van der Waals surface area contributed by atoms with E-state index in [1.54, 1.807) is 12.4 Å². The number of carboxylic acid groups (broad SMARTS) is 1. The van der Waals surface area contributed by atoms with E-state index in [1.165, 1.54) is 11.3 Å². The Labute approximate surface area is 116 Å². The monoisotopic (exact) mass is 276 g/mol. The van der Waals surface area contributed by atoms with Gasteiger partial charge < -0.3 is 5.11 Å². The Morgan fingerprint density at radius 1 is 1.37 bits per heavy atom. The zero-order chi connectivity index (χ0) is 14.2. The Morgan fingerprint density at radius 2 is 2.05 bits per heavy atom. The topological polar surface area (TPSA) is 63.1 Å². The first-order valence-corrected chi connectivity index (χ1v) is 6.78. The van der Waals surface area contributed by atoms with Gasteiger partial charge in [-0.2, -0.15) is 0 Å². The van der Waals surface area contributed by atoms with Crippen LogP contribution in [0, 0.1) is 6.92 Å². The maximum Gasteiger partial charge on any atom is 0.347 e. The van der Waals surface area contributed by atoms with E-state index < -0.39 is 5.97 Å². The van der Waals surface area contributed by atoms with Crippen LogP contribution in [0.3, 0.4) is 0 Å². The molecule has 5 heteroatoms. The van der Waals surface area contributed by atoms with Crippen LogP contribution in [0.1, 0.15) is 41.7 Å². The standard InChI is InChI=1S/C14H16N2O2S/c1-8-7-15-6-5-9(8)12-16-11(14(2,3)4)10(19-12)13(17)18/h5-7H,1-4H3,(H,17,18). The molecule has 0 aliphatic rings.